The molecule has 1 saturated carbocycles. The lowest BCUT2D eigenvalue weighted by Gasteiger charge is -2.42. The molecule has 1 aliphatic heterocycles. The van der Waals surface area contributed by atoms with E-state index in [9.17, 15) is 0 Å². The predicted octanol–water partition coefficient (Wildman–Crippen LogP) is 2.82. The molecule has 1 aromatic rings. The molecule has 1 N–H and O–H groups in total. The van der Waals surface area contributed by atoms with Crippen LogP contribution in [0.2, 0.25) is 0 Å². The largest absolute Gasteiger partial charge is 0.314 e. The highest BCUT2D eigenvalue weighted by atomic mass is 15.2. The molecule has 0 aromatic heterocycles. The van der Waals surface area contributed by atoms with E-state index >= 15 is 0 Å². The van der Waals surface area contributed by atoms with Crippen molar-refractivity contribution in [3.05, 3.63) is 35.9 Å². The van der Waals surface area contributed by atoms with E-state index in [0.29, 0.717) is 6.04 Å². The molecule has 18 heavy (non-hydrogen) atoms. The van der Waals surface area contributed by atoms with Gasteiger partial charge in [0.1, 0.15) is 0 Å². The summed E-state index contributed by atoms with van der Waals surface area (Å²) in [6.45, 7) is 5.89. The fourth-order valence-corrected chi connectivity index (χ4v) is 3.72. The van der Waals surface area contributed by atoms with Gasteiger partial charge in [0.25, 0.3) is 0 Å². The van der Waals surface area contributed by atoms with E-state index < -0.39 is 0 Å². The Morgan fingerprint density at radius 1 is 1.17 bits per heavy atom. The minimum absolute atomic E-state index is 0.575. The van der Waals surface area contributed by atoms with Crippen molar-refractivity contribution in [3.63, 3.8) is 0 Å². The quantitative estimate of drug-likeness (QED) is 0.860. The van der Waals surface area contributed by atoms with Gasteiger partial charge >= 0.3 is 0 Å². The van der Waals surface area contributed by atoms with E-state index in [1.807, 2.05) is 0 Å². The zero-order chi connectivity index (χ0) is 12.4. The molecule has 1 heterocycles. The first-order valence-electron chi connectivity index (χ1n) is 7.37. The van der Waals surface area contributed by atoms with Crippen molar-refractivity contribution < 1.29 is 0 Å². The van der Waals surface area contributed by atoms with Crippen LogP contribution in [0.4, 0.5) is 0 Å². The lowest BCUT2D eigenvalue weighted by molar-refractivity contribution is 0.0869. The zero-order valence-corrected chi connectivity index (χ0v) is 11.3. The minimum Gasteiger partial charge on any atom is -0.314 e. The van der Waals surface area contributed by atoms with Gasteiger partial charge in [-0.1, -0.05) is 43.7 Å². The Morgan fingerprint density at radius 2 is 2.00 bits per heavy atom. The van der Waals surface area contributed by atoms with E-state index in [1.165, 1.54) is 31.4 Å². The molecule has 3 atom stereocenters. The molecule has 2 nitrogen and oxygen atoms in total. The molecule has 0 amide bonds. The molecule has 0 radical (unpaired) electrons. The number of benzene rings is 1. The van der Waals surface area contributed by atoms with Gasteiger partial charge in [-0.05, 0) is 24.3 Å². The third-order valence-electron chi connectivity index (χ3n) is 4.71. The fraction of sp³-hybridized carbons (Fsp3) is 0.625. The Bertz CT molecular complexity index is 376. The summed E-state index contributed by atoms with van der Waals surface area (Å²) in [4.78, 5) is 2.77. The lowest BCUT2D eigenvalue weighted by Crippen LogP contribution is -2.51. The summed E-state index contributed by atoms with van der Waals surface area (Å²) < 4.78 is 0. The highest BCUT2D eigenvalue weighted by molar-refractivity contribution is 5.20. The van der Waals surface area contributed by atoms with E-state index in [-0.39, 0.29) is 0 Å². The number of nitrogens with one attached hydrogen (secondary N) is 1. The third-order valence-corrected chi connectivity index (χ3v) is 4.71. The molecule has 1 saturated heterocycles. The van der Waals surface area contributed by atoms with Gasteiger partial charge in [-0.25, -0.2) is 0 Å². The van der Waals surface area contributed by atoms with E-state index in [4.69, 9.17) is 0 Å². The highest BCUT2D eigenvalue weighted by Gasteiger charge is 2.34. The van der Waals surface area contributed by atoms with Crippen LogP contribution in [0.3, 0.4) is 0 Å². The Hall–Kier alpha value is -0.860. The van der Waals surface area contributed by atoms with Crippen LogP contribution in [-0.4, -0.2) is 30.6 Å². The van der Waals surface area contributed by atoms with E-state index in [1.54, 1.807) is 0 Å². The van der Waals surface area contributed by atoms with Gasteiger partial charge in [-0.15, -0.1) is 0 Å². The second-order valence-corrected chi connectivity index (χ2v) is 5.84. The smallest absolute Gasteiger partial charge is 0.0476 e. The van der Waals surface area contributed by atoms with Crippen LogP contribution in [0.5, 0.6) is 0 Å². The van der Waals surface area contributed by atoms with Gasteiger partial charge in [-0.3, -0.25) is 4.90 Å². The standard InChI is InChI=1S/C16H24N2/c1-13-6-5-9-15(13)18-11-10-17-12-16(18)14-7-3-2-4-8-14/h2-4,7-8,13,15-17H,5-6,9-12H2,1H3. The van der Waals surface area contributed by atoms with Crippen molar-refractivity contribution in [3.8, 4) is 0 Å². The van der Waals surface area contributed by atoms with Gasteiger partial charge in [0, 0.05) is 31.7 Å². The molecule has 1 aromatic carbocycles. The molecule has 98 valence electrons. The summed E-state index contributed by atoms with van der Waals surface area (Å²) in [6, 6.07) is 12.4. The van der Waals surface area contributed by atoms with Crippen LogP contribution >= 0.6 is 0 Å². The van der Waals surface area contributed by atoms with Gasteiger partial charge in [-0.2, -0.15) is 0 Å². The highest BCUT2D eigenvalue weighted by Crippen LogP contribution is 2.35. The minimum atomic E-state index is 0.575. The Balaban J connectivity index is 1.82. The van der Waals surface area contributed by atoms with Crippen LogP contribution in [0.1, 0.15) is 37.8 Å². The van der Waals surface area contributed by atoms with Gasteiger partial charge < -0.3 is 5.32 Å². The first kappa shape index (κ1) is 12.2. The van der Waals surface area contributed by atoms with Crippen molar-refractivity contribution >= 4 is 0 Å². The van der Waals surface area contributed by atoms with Crippen molar-refractivity contribution in [2.75, 3.05) is 19.6 Å². The summed E-state index contributed by atoms with van der Waals surface area (Å²) >= 11 is 0. The Kier molecular flexibility index (Phi) is 3.67. The number of nitrogens with zero attached hydrogens (tertiary/aromatic N) is 1. The molecule has 0 bridgehead atoms. The summed E-state index contributed by atoms with van der Waals surface area (Å²) in [6.07, 6.45) is 4.22. The second kappa shape index (κ2) is 5.41. The molecule has 1 aliphatic carbocycles. The third kappa shape index (κ3) is 2.32. The molecule has 0 spiro atoms. The summed E-state index contributed by atoms with van der Waals surface area (Å²) in [5.41, 5.74) is 1.48. The van der Waals surface area contributed by atoms with Gasteiger partial charge in [0.2, 0.25) is 0 Å². The van der Waals surface area contributed by atoms with Crippen LogP contribution in [0.25, 0.3) is 0 Å². The fourth-order valence-electron chi connectivity index (χ4n) is 3.72. The number of hydrogen-bond donors (Lipinski definition) is 1. The molecule has 3 rings (SSSR count). The van der Waals surface area contributed by atoms with Crippen molar-refractivity contribution in [2.45, 2.75) is 38.3 Å². The van der Waals surface area contributed by atoms with Crippen molar-refractivity contribution in [1.82, 2.24) is 10.2 Å². The van der Waals surface area contributed by atoms with Gasteiger partial charge in [0.15, 0.2) is 0 Å². The van der Waals surface area contributed by atoms with Gasteiger partial charge in [0.05, 0.1) is 0 Å². The molecular formula is C16H24N2. The Morgan fingerprint density at radius 3 is 2.72 bits per heavy atom. The maximum atomic E-state index is 3.56. The molecule has 2 fully saturated rings. The maximum Gasteiger partial charge on any atom is 0.0476 e. The first-order valence-corrected chi connectivity index (χ1v) is 7.37. The zero-order valence-electron chi connectivity index (χ0n) is 11.3. The average Bonchev–Trinajstić information content (AvgIpc) is 2.86. The predicted molar refractivity (Wildman–Crippen MR) is 75.6 cm³/mol. The number of piperazine rings is 1. The van der Waals surface area contributed by atoms with E-state index in [0.717, 1.165) is 25.0 Å². The van der Waals surface area contributed by atoms with Crippen LogP contribution in [0.15, 0.2) is 30.3 Å². The lowest BCUT2D eigenvalue weighted by atomic mass is 9.97. The Labute approximate surface area is 110 Å². The summed E-state index contributed by atoms with van der Waals surface area (Å²) in [7, 11) is 0. The molecule has 2 heteroatoms. The maximum absolute atomic E-state index is 3.56. The van der Waals surface area contributed by atoms with Crippen LogP contribution in [-0.2, 0) is 0 Å². The van der Waals surface area contributed by atoms with Crippen LogP contribution < -0.4 is 5.32 Å². The summed E-state index contributed by atoms with van der Waals surface area (Å²) in [5, 5.41) is 3.56. The van der Waals surface area contributed by atoms with Crippen molar-refractivity contribution in [2.24, 2.45) is 5.92 Å². The first-order chi connectivity index (χ1) is 8.86. The monoisotopic (exact) mass is 244 g/mol. The van der Waals surface area contributed by atoms with E-state index in [2.05, 4.69) is 47.5 Å². The SMILES string of the molecule is CC1CCCC1N1CCNCC1c1ccccc1. The molecular weight excluding hydrogens is 220 g/mol. The van der Waals surface area contributed by atoms with Crippen LogP contribution in [0, 0.1) is 5.92 Å². The number of rotatable bonds is 2. The summed E-state index contributed by atoms with van der Waals surface area (Å²) in [5.74, 6) is 0.870. The number of hydrogen-bond acceptors (Lipinski definition) is 2. The average molecular weight is 244 g/mol. The second-order valence-electron chi connectivity index (χ2n) is 5.84. The normalized spacial score (nSPS) is 33.7. The molecule has 2 aliphatic rings. The topological polar surface area (TPSA) is 15.3 Å². The van der Waals surface area contributed by atoms with Crippen molar-refractivity contribution in [1.29, 1.82) is 0 Å². The molecule has 3 unspecified atom stereocenters.